The number of carbonyl (C=O) groups is 2. The number of nitrogens with two attached hydrogens (primary N) is 1. The van der Waals surface area contributed by atoms with Gasteiger partial charge in [-0.15, -0.1) is 0 Å². The van der Waals surface area contributed by atoms with Crippen molar-refractivity contribution < 1.29 is 28.9 Å². The summed E-state index contributed by atoms with van der Waals surface area (Å²) in [5.74, 6) is 0.112. The van der Waals surface area contributed by atoms with Gasteiger partial charge in [-0.3, -0.25) is 19.5 Å². The standard InChI is InChI=1S/C26H29N5O6/c27-20-3-1-2-4-21(20)30-26(34)22-7-5-18(14-28-22)15-31(10-9-25(32)33)17-35-16-29-19-6-8-23-24(13-19)37-12-11-36-23/h1-8,13-14,29H,9-12,15-17,27H2,(H,30,34)(H,32,33). The van der Waals surface area contributed by atoms with E-state index in [1.807, 2.05) is 23.1 Å². The lowest BCUT2D eigenvalue weighted by atomic mass is 10.2. The Kier molecular flexibility index (Phi) is 8.74. The van der Waals surface area contributed by atoms with Crippen molar-refractivity contribution in [3.8, 4) is 11.5 Å². The van der Waals surface area contributed by atoms with E-state index >= 15 is 0 Å². The number of anilines is 3. The molecule has 37 heavy (non-hydrogen) atoms. The van der Waals surface area contributed by atoms with Crippen molar-refractivity contribution in [2.24, 2.45) is 0 Å². The summed E-state index contributed by atoms with van der Waals surface area (Å²) in [5.41, 5.74) is 8.72. The van der Waals surface area contributed by atoms with E-state index in [1.165, 1.54) is 0 Å². The third-order valence-corrected chi connectivity index (χ3v) is 5.51. The van der Waals surface area contributed by atoms with Crippen molar-refractivity contribution in [2.75, 3.05) is 49.6 Å². The fraction of sp³-hybridized carbons (Fsp3) is 0.269. The molecule has 11 nitrogen and oxygen atoms in total. The molecular weight excluding hydrogens is 478 g/mol. The second kappa shape index (κ2) is 12.6. The molecule has 0 atom stereocenters. The molecule has 1 aromatic heterocycles. The molecule has 0 aliphatic carbocycles. The maximum Gasteiger partial charge on any atom is 0.304 e. The molecule has 194 valence electrons. The SMILES string of the molecule is Nc1ccccc1NC(=O)c1ccc(CN(CCC(=O)O)COCNc2ccc3c(c2)OCCO3)cn1. The molecule has 1 aliphatic heterocycles. The maximum atomic E-state index is 12.5. The summed E-state index contributed by atoms with van der Waals surface area (Å²) in [6.45, 7) is 2.13. The number of amides is 1. The molecule has 11 heteroatoms. The van der Waals surface area contributed by atoms with Gasteiger partial charge in [0.2, 0.25) is 0 Å². The number of benzene rings is 2. The van der Waals surface area contributed by atoms with Crippen LogP contribution in [0.3, 0.4) is 0 Å². The molecule has 0 spiro atoms. The lowest BCUT2D eigenvalue weighted by Gasteiger charge is -2.22. The number of nitrogens with zero attached hydrogens (tertiary/aromatic N) is 2. The van der Waals surface area contributed by atoms with Crippen LogP contribution in [0.1, 0.15) is 22.5 Å². The van der Waals surface area contributed by atoms with Crippen LogP contribution in [0.2, 0.25) is 0 Å². The van der Waals surface area contributed by atoms with E-state index in [9.17, 15) is 9.59 Å². The predicted molar refractivity (Wildman–Crippen MR) is 138 cm³/mol. The highest BCUT2D eigenvalue weighted by Crippen LogP contribution is 2.32. The first-order valence-electron chi connectivity index (χ1n) is 11.7. The number of carboxylic acids is 1. The van der Waals surface area contributed by atoms with E-state index < -0.39 is 5.97 Å². The van der Waals surface area contributed by atoms with Gasteiger partial charge < -0.3 is 35.7 Å². The topological polar surface area (TPSA) is 148 Å². The van der Waals surface area contributed by atoms with E-state index in [0.717, 1.165) is 11.3 Å². The highest BCUT2D eigenvalue weighted by atomic mass is 16.6. The van der Waals surface area contributed by atoms with Crippen LogP contribution >= 0.6 is 0 Å². The zero-order chi connectivity index (χ0) is 26.0. The Morgan fingerprint density at radius 1 is 1.08 bits per heavy atom. The summed E-state index contributed by atoms with van der Waals surface area (Å²) in [7, 11) is 0. The zero-order valence-electron chi connectivity index (χ0n) is 20.2. The molecule has 5 N–H and O–H groups in total. The highest BCUT2D eigenvalue weighted by molar-refractivity contribution is 6.04. The van der Waals surface area contributed by atoms with Gasteiger partial charge >= 0.3 is 5.97 Å². The summed E-state index contributed by atoms with van der Waals surface area (Å²) < 4.78 is 16.8. The van der Waals surface area contributed by atoms with E-state index in [1.54, 1.807) is 42.6 Å². The molecule has 0 fully saturated rings. The van der Waals surface area contributed by atoms with Gasteiger partial charge in [0.05, 0.1) is 17.8 Å². The number of rotatable bonds is 12. The Hall–Kier alpha value is -4.35. The van der Waals surface area contributed by atoms with Crippen LogP contribution in [0.4, 0.5) is 17.1 Å². The molecule has 2 aromatic carbocycles. The third kappa shape index (κ3) is 7.56. The fourth-order valence-electron chi connectivity index (χ4n) is 3.61. The highest BCUT2D eigenvalue weighted by Gasteiger charge is 2.14. The maximum absolute atomic E-state index is 12.5. The first kappa shape index (κ1) is 25.7. The molecule has 0 saturated carbocycles. The number of nitrogen functional groups attached to an aromatic ring is 1. The molecule has 0 bridgehead atoms. The minimum Gasteiger partial charge on any atom is -0.486 e. The van der Waals surface area contributed by atoms with Gasteiger partial charge in [0.15, 0.2) is 11.5 Å². The monoisotopic (exact) mass is 507 g/mol. The predicted octanol–water partition coefficient (Wildman–Crippen LogP) is 3.01. The number of hydrogen-bond donors (Lipinski definition) is 4. The van der Waals surface area contributed by atoms with Crippen LogP contribution in [-0.4, -0.2) is 60.1 Å². The molecule has 1 aliphatic rings. The van der Waals surface area contributed by atoms with Crippen molar-refractivity contribution >= 4 is 28.9 Å². The van der Waals surface area contributed by atoms with Gasteiger partial charge in [-0.25, -0.2) is 0 Å². The van der Waals surface area contributed by atoms with Gasteiger partial charge in [-0.05, 0) is 35.9 Å². The number of pyridine rings is 1. The van der Waals surface area contributed by atoms with Crippen molar-refractivity contribution in [1.82, 2.24) is 9.88 Å². The van der Waals surface area contributed by atoms with Crippen LogP contribution in [-0.2, 0) is 16.1 Å². The van der Waals surface area contributed by atoms with E-state index in [-0.39, 0.29) is 38.0 Å². The van der Waals surface area contributed by atoms with E-state index in [0.29, 0.717) is 42.6 Å². The van der Waals surface area contributed by atoms with Gasteiger partial charge in [0, 0.05) is 31.0 Å². The van der Waals surface area contributed by atoms with Crippen LogP contribution < -0.4 is 25.8 Å². The summed E-state index contributed by atoms with van der Waals surface area (Å²) in [5, 5.41) is 15.0. The Labute approximate surface area is 214 Å². The average Bonchev–Trinajstić information content (AvgIpc) is 2.91. The number of carbonyl (C=O) groups excluding carboxylic acids is 1. The lowest BCUT2D eigenvalue weighted by molar-refractivity contribution is -0.137. The normalized spacial score (nSPS) is 12.2. The first-order chi connectivity index (χ1) is 18.0. The van der Waals surface area contributed by atoms with Crippen LogP contribution in [0.25, 0.3) is 0 Å². The molecule has 0 radical (unpaired) electrons. The average molecular weight is 508 g/mol. The molecule has 4 rings (SSSR count). The number of nitrogens with one attached hydrogen (secondary N) is 2. The summed E-state index contributed by atoms with van der Waals surface area (Å²) >= 11 is 0. The number of para-hydroxylation sites is 2. The molecule has 1 amide bonds. The smallest absolute Gasteiger partial charge is 0.304 e. The van der Waals surface area contributed by atoms with Crippen molar-refractivity contribution in [1.29, 1.82) is 0 Å². The molecular formula is C26H29N5O6. The largest absolute Gasteiger partial charge is 0.486 e. The first-order valence-corrected chi connectivity index (χ1v) is 11.7. The number of ether oxygens (including phenoxy) is 3. The lowest BCUT2D eigenvalue weighted by Crippen LogP contribution is -2.29. The van der Waals surface area contributed by atoms with Gasteiger partial charge in [0.25, 0.3) is 5.91 Å². The number of hydrogen-bond acceptors (Lipinski definition) is 9. The Balaban J connectivity index is 1.29. The summed E-state index contributed by atoms with van der Waals surface area (Å²) in [6, 6.07) is 15.9. The number of aromatic nitrogens is 1. The Morgan fingerprint density at radius 2 is 1.89 bits per heavy atom. The third-order valence-electron chi connectivity index (χ3n) is 5.51. The molecule has 0 saturated heterocycles. The van der Waals surface area contributed by atoms with Crippen LogP contribution in [0, 0.1) is 0 Å². The van der Waals surface area contributed by atoms with Gasteiger partial charge in [-0.2, -0.15) is 0 Å². The van der Waals surface area contributed by atoms with Crippen LogP contribution in [0.15, 0.2) is 60.8 Å². The number of carboxylic acid groups (broad SMARTS) is 1. The molecule has 0 unspecified atom stereocenters. The van der Waals surface area contributed by atoms with Gasteiger partial charge in [-0.1, -0.05) is 18.2 Å². The quantitative estimate of drug-likeness (QED) is 0.164. The summed E-state index contributed by atoms with van der Waals surface area (Å²) in [4.78, 5) is 29.7. The minimum absolute atomic E-state index is 0.0363. The number of fused-ring (bicyclic) bond motifs is 1. The minimum atomic E-state index is -0.898. The molecule has 2 heterocycles. The Morgan fingerprint density at radius 3 is 2.65 bits per heavy atom. The van der Waals surface area contributed by atoms with E-state index in [2.05, 4.69) is 15.6 Å². The van der Waals surface area contributed by atoms with Crippen molar-refractivity contribution in [3.05, 3.63) is 72.1 Å². The van der Waals surface area contributed by atoms with Crippen molar-refractivity contribution in [2.45, 2.75) is 13.0 Å². The molecule has 3 aromatic rings. The second-order valence-corrected chi connectivity index (χ2v) is 8.30. The zero-order valence-corrected chi connectivity index (χ0v) is 20.2. The van der Waals surface area contributed by atoms with Gasteiger partial charge in [0.1, 0.15) is 32.4 Å². The number of aliphatic carboxylic acids is 1. The summed E-state index contributed by atoms with van der Waals surface area (Å²) in [6.07, 6.45) is 1.55. The Bertz CT molecular complexity index is 1220. The van der Waals surface area contributed by atoms with Crippen LogP contribution in [0.5, 0.6) is 11.5 Å². The van der Waals surface area contributed by atoms with E-state index in [4.69, 9.17) is 25.1 Å². The second-order valence-electron chi connectivity index (χ2n) is 8.30. The fourth-order valence-corrected chi connectivity index (χ4v) is 3.61. The van der Waals surface area contributed by atoms with Crippen molar-refractivity contribution in [3.63, 3.8) is 0 Å².